The topological polar surface area (TPSA) is 65.5 Å². The molecule has 0 radical (unpaired) electrons. The van der Waals surface area contributed by atoms with Crippen LogP contribution in [-0.2, 0) is 11.3 Å². The first-order valence-corrected chi connectivity index (χ1v) is 15.7. The van der Waals surface area contributed by atoms with Crippen molar-refractivity contribution in [1.82, 2.24) is 15.2 Å². The Balaban J connectivity index is 1.20. The Morgan fingerprint density at radius 2 is 1.61 bits per heavy atom. The van der Waals surface area contributed by atoms with Crippen molar-refractivity contribution in [2.75, 3.05) is 24.5 Å². The van der Waals surface area contributed by atoms with Gasteiger partial charge in [-0.15, -0.1) is 11.3 Å². The number of likely N-dealkylation sites (tertiary alicyclic amines) is 1. The quantitative estimate of drug-likeness (QED) is 0.239. The number of fused-ring (bicyclic) bond motifs is 1. The molecule has 4 aromatic rings. The van der Waals surface area contributed by atoms with Gasteiger partial charge < -0.3 is 10.2 Å². The Labute approximate surface area is 260 Å². The molecule has 226 valence electrons. The number of carbonyl (C=O) groups is 2. The highest BCUT2D eigenvalue weighted by molar-refractivity contribution is 7.17. The molecule has 1 saturated heterocycles. The van der Waals surface area contributed by atoms with Crippen molar-refractivity contribution in [2.45, 2.75) is 44.7 Å². The normalized spacial score (nSPS) is 18.1. The number of para-hydroxylation sites is 1. The van der Waals surface area contributed by atoms with Gasteiger partial charge in [0.05, 0.1) is 11.4 Å². The van der Waals surface area contributed by atoms with Gasteiger partial charge in [0.15, 0.2) is 0 Å². The van der Waals surface area contributed by atoms with Gasteiger partial charge in [0.1, 0.15) is 9.88 Å². The van der Waals surface area contributed by atoms with E-state index in [-0.39, 0.29) is 29.6 Å². The number of halogens is 2. The number of amides is 2. The first kappa shape index (κ1) is 29.8. The fourth-order valence-electron chi connectivity index (χ4n) is 5.91. The lowest BCUT2D eigenvalue weighted by molar-refractivity contribution is -0.117. The van der Waals surface area contributed by atoms with Crippen LogP contribution in [0.1, 0.15) is 45.8 Å². The van der Waals surface area contributed by atoms with Crippen molar-refractivity contribution >= 4 is 34.4 Å². The van der Waals surface area contributed by atoms with Crippen LogP contribution in [0.2, 0.25) is 0 Å². The van der Waals surface area contributed by atoms with Gasteiger partial charge in [0.2, 0.25) is 5.91 Å². The van der Waals surface area contributed by atoms with Gasteiger partial charge in [-0.3, -0.25) is 14.5 Å². The molecule has 9 heteroatoms. The molecule has 0 unspecified atom stereocenters. The van der Waals surface area contributed by atoms with Gasteiger partial charge in [-0.1, -0.05) is 78.9 Å². The largest absolute Gasteiger partial charge is 0.350 e. The molecule has 6 nitrogen and oxygen atoms in total. The number of aryl methyl sites for hydroxylation is 1. The first-order chi connectivity index (χ1) is 21.3. The van der Waals surface area contributed by atoms with Crippen LogP contribution >= 0.6 is 11.3 Å². The Morgan fingerprint density at radius 1 is 0.955 bits per heavy atom. The molecule has 2 amide bonds. The summed E-state index contributed by atoms with van der Waals surface area (Å²) in [6, 6.07) is 26.3. The minimum atomic E-state index is -3.31. The summed E-state index contributed by atoms with van der Waals surface area (Å²) in [4.78, 5) is 35.8. The Hall–Kier alpha value is -4.21. The molecule has 0 atom stereocenters. The maximum absolute atomic E-state index is 15.7. The van der Waals surface area contributed by atoms with Crippen LogP contribution in [0.15, 0.2) is 91.0 Å². The number of anilines is 1. The zero-order chi connectivity index (χ0) is 30.7. The number of hydrogen-bond donors (Lipinski definition) is 1. The number of carbonyl (C=O) groups excluding carboxylic acids is 2. The Bertz CT molecular complexity index is 1660. The highest BCUT2D eigenvalue weighted by Gasteiger charge is 2.42. The molecular formula is C35H34F2N4O2S. The number of alkyl halides is 2. The first-order valence-electron chi connectivity index (χ1n) is 14.9. The molecule has 3 heterocycles. The van der Waals surface area contributed by atoms with Crippen molar-refractivity contribution in [3.05, 3.63) is 113 Å². The highest BCUT2D eigenvalue weighted by atomic mass is 32.1. The molecule has 1 N–H and O–H groups in total. The van der Waals surface area contributed by atoms with Crippen LogP contribution in [0, 0.1) is 6.92 Å². The molecule has 3 aromatic carbocycles. The number of piperidine rings is 1. The second kappa shape index (κ2) is 12.8. The number of aromatic nitrogens is 1. The molecular weight excluding hydrogens is 578 g/mol. The zero-order valence-corrected chi connectivity index (χ0v) is 25.3. The van der Waals surface area contributed by atoms with E-state index in [2.05, 4.69) is 27.3 Å². The van der Waals surface area contributed by atoms with Gasteiger partial charge in [-0.25, -0.2) is 13.8 Å². The molecule has 2 aliphatic rings. The second-order valence-corrected chi connectivity index (χ2v) is 12.3. The van der Waals surface area contributed by atoms with E-state index in [1.165, 1.54) is 21.8 Å². The smallest absolute Gasteiger partial charge is 0.275 e. The average Bonchev–Trinajstić information content (AvgIpc) is 3.38. The number of nitrogens with zero attached hydrogens (tertiary/aromatic N) is 3. The Kier molecular flexibility index (Phi) is 8.68. The van der Waals surface area contributed by atoms with Gasteiger partial charge >= 0.3 is 0 Å². The molecule has 0 spiro atoms. The molecule has 0 saturated carbocycles. The summed E-state index contributed by atoms with van der Waals surface area (Å²) in [5, 5.41) is 3.66. The summed E-state index contributed by atoms with van der Waals surface area (Å²) in [5.41, 5.74) is 2.86. The number of thiazole rings is 1. The Morgan fingerprint density at radius 3 is 2.34 bits per heavy atom. The van der Waals surface area contributed by atoms with E-state index >= 15 is 8.78 Å². The van der Waals surface area contributed by atoms with Crippen molar-refractivity contribution in [3.63, 3.8) is 0 Å². The monoisotopic (exact) mass is 612 g/mol. The standard InChI is InChI=1S/C35H34F2N4O2S/c1-24-32(44-33(38-24)26-12-6-3-7-13-26)34(43)41-21-18-35(36,37)29(28-14-8-9-15-30(28)41)22-31(42)39-27-16-19-40(20-17-27)23-25-10-4-2-5-11-25/h2-15,22,27H,16-21,23H2,1H3,(H,39,42)/b29-22-. The summed E-state index contributed by atoms with van der Waals surface area (Å²) in [5.74, 6) is -4.22. The number of benzene rings is 3. The van der Waals surface area contributed by atoms with Gasteiger partial charge in [-0.05, 0) is 31.4 Å². The zero-order valence-electron chi connectivity index (χ0n) is 24.5. The molecule has 2 aliphatic heterocycles. The molecule has 1 aromatic heterocycles. The predicted molar refractivity (Wildman–Crippen MR) is 171 cm³/mol. The van der Waals surface area contributed by atoms with E-state index in [9.17, 15) is 9.59 Å². The predicted octanol–water partition coefficient (Wildman–Crippen LogP) is 6.97. The van der Waals surface area contributed by atoms with Crippen molar-refractivity contribution < 1.29 is 18.4 Å². The van der Waals surface area contributed by atoms with E-state index in [1.807, 2.05) is 48.5 Å². The van der Waals surface area contributed by atoms with Gasteiger partial charge in [0, 0.05) is 61.4 Å². The van der Waals surface area contributed by atoms with Gasteiger partial charge in [0.25, 0.3) is 11.8 Å². The van der Waals surface area contributed by atoms with Crippen LogP contribution in [0.3, 0.4) is 0 Å². The third kappa shape index (κ3) is 6.49. The van der Waals surface area contributed by atoms with Crippen molar-refractivity contribution in [2.24, 2.45) is 0 Å². The fourth-order valence-corrected chi connectivity index (χ4v) is 6.93. The number of hydrogen-bond acceptors (Lipinski definition) is 5. The van der Waals surface area contributed by atoms with Crippen LogP contribution in [0.4, 0.5) is 14.5 Å². The van der Waals surface area contributed by atoms with Gasteiger partial charge in [-0.2, -0.15) is 0 Å². The second-order valence-electron chi connectivity index (χ2n) is 11.3. The lowest BCUT2D eigenvalue weighted by atomic mass is 9.96. The fraction of sp³-hybridized carbons (Fsp3) is 0.286. The summed E-state index contributed by atoms with van der Waals surface area (Å²) in [6.07, 6.45) is 1.93. The van der Waals surface area contributed by atoms with Crippen LogP contribution in [0.5, 0.6) is 0 Å². The lowest BCUT2D eigenvalue weighted by Crippen LogP contribution is -2.44. The molecule has 0 bridgehead atoms. The molecule has 0 aliphatic carbocycles. The minimum Gasteiger partial charge on any atom is -0.350 e. The van der Waals surface area contributed by atoms with Crippen molar-refractivity contribution in [3.8, 4) is 10.6 Å². The summed E-state index contributed by atoms with van der Waals surface area (Å²) < 4.78 is 31.5. The summed E-state index contributed by atoms with van der Waals surface area (Å²) >= 11 is 1.25. The number of rotatable bonds is 6. The maximum Gasteiger partial charge on any atom is 0.275 e. The third-order valence-electron chi connectivity index (χ3n) is 8.24. The average molecular weight is 613 g/mol. The van der Waals surface area contributed by atoms with E-state index in [0.29, 0.717) is 21.3 Å². The van der Waals surface area contributed by atoms with Crippen LogP contribution in [0.25, 0.3) is 16.1 Å². The highest BCUT2D eigenvalue weighted by Crippen LogP contribution is 2.44. The summed E-state index contributed by atoms with van der Waals surface area (Å²) in [7, 11) is 0. The number of allylic oxidation sites excluding steroid dienone is 1. The minimum absolute atomic E-state index is 0.0905. The molecule has 44 heavy (non-hydrogen) atoms. The maximum atomic E-state index is 15.7. The van der Waals surface area contributed by atoms with E-state index < -0.39 is 18.3 Å². The van der Waals surface area contributed by atoms with Crippen molar-refractivity contribution in [1.29, 1.82) is 0 Å². The van der Waals surface area contributed by atoms with Crippen LogP contribution in [-0.4, -0.2) is 53.3 Å². The molecule has 6 rings (SSSR count). The SMILES string of the molecule is Cc1nc(-c2ccccc2)sc1C(=O)N1CCC(F)(F)/C(=C\C(=O)NC2CCN(Cc3ccccc3)CC2)c2ccccc21. The van der Waals surface area contributed by atoms with E-state index in [4.69, 9.17) is 0 Å². The lowest BCUT2D eigenvalue weighted by Gasteiger charge is -2.32. The molecule has 1 fully saturated rings. The van der Waals surface area contributed by atoms with E-state index in [0.717, 1.165) is 44.1 Å². The summed E-state index contributed by atoms with van der Waals surface area (Å²) in [6.45, 7) is 4.04. The van der Waals surface area contributed by atoms with Crippen LogP contribution < -0.4 is 10.2 Å². The number of nitrogens with one attached hydrogen (secondary N) is 1. The van der Waals surface area contributed by atoms with E-state index in [1.54, 1.807) is 31.2 Å². The third-order valence-corrected chi connectivity index (χ3v) is 9.44.